The topological polar surface area (TPSA) is 116 Å². The summed E-state index contributed by atoms with van der Waals surface area (Å²) in [5, 5.41) is 20.5. The molecule has 2 aromatic carbocycles. The Morgan fingerprint density at radius 3 is 2.61 bits per heavy atom. The van der Waals surface area contributed by atoms with E-state index in [4.69, 9.17) is 21.8 Å². The van der Waals surface area contributed by atoms with Crippen LogP contribution < -0.4 is 10.0 Å². The maximum absolute atomic E-state index is 13.4. The monoisotopic (exact) mass is 552 g/mol. The van der Waals surface area contributed by atoms with E-state index in [1.54, 1.807) is 0 Å². The van der Waals surface area contributed by atoms with Crippen LogP contribution >= 0.6 is 22.9 Å². The van der Waals surface area contributed by atoms with E-state index >= 15 is 0 Å². The molecule has 1 aliphatic heterocycles. The molecule has 4 N–H and O–H groups in total. The minimum atomic E-state index is -3.68. The van der Waals surface area contributed by atoms with E-state index in [0.29, 0.717) is 18.5 Å². The molecule has 0 spiro atoms. The van der Waals surface area contributed by atoms with Crippen molar-refractivity contribution in [2.75, 3.05) is 11.1 Å². The first-order chi connectivity index (χ1) is 17.1. The molecule has 7 nitrogen and oxygen atoms in total. The molecule has 192 valence electrons. The standard InChI is InChI=1S/C25H26ClFN2O5S2/c26-19-13-18(8-9-20(19)27)28-25(32)17-12-21(29-36(33,34)14-17)23-11-10-22(35-23)16-6-4-15(5-7-16)2-1-3-24(30)31/h4-11,13,17,21,24,29-31H,1-3,12,14H2,(H,28,32). The number of thiophene rings is 1. The van der Waals surface area contributed by atoms with E-state index in [1.165, 1.54) is 23.5 Å². The lowest BCUT2D eigenvalue weighted by atomic mass is 9.99. The van der Waals surface area contributed by atoms with Gasteiger partial charge in [0.05, 0.1) is 22.7 Å². The third kappa shape index (κ3) is 6.90. The minimum Gasteiger partial charge on any atom is -0.368 e. The molecule has 0 radical (unpaired) electrons. The number of amides is 1. The van der Waals surface area contributed by atoms with Crippen molar-refractivity contribution in [1.82, 2.24) is 4.72 Å². The van der Waals surface area contributed by atoms with Crippen LogP contribution in [0.5, 0.6) is 0 Å². The molecule has 1 aromatic heterocycles. The highest BCUT2D eigenvalue weighted by Crippen LogP contribution is 2.36. The van der Waals surface area contributed by atoms with Gasteiger partial charge in [-0.15, -0.1) is 11.3 Å². The lowest BCUT2D eigenvalue weighted by Gasteiger charge is -2.28. The number of halogens is 2. The fourth-order valence-corrected chi connectivity index (χ4v) is 7.03. The summed E-state index contributed by atoms with van der Waals surface area (Å²) in [7, 11) is -3.68. The Morgan fingerprint density at radius 1 is 1.17 bits per heavy atom. The number of carbonyl (C=O) groups is 1. The van der Waals surface area contributed by atoms with E-state index in [1.807, 2.05) is 36.4 Å². The Kier molecular flexibility index (Phi) is 8.44. The van der Waals surface area contributed by atoms with Gasteiger partial charge in [0.15, 0.2) is 6.29 Å². The van der Waals surface area contributed by atoms with Gasteiger partial charge in [0, 0.05) is 15.4 Å². The minimum absolute atomic E-state index is 0.133. The van der Waals surface area contributed by atoms with Gasteiger partial charge in [-0.05, 0) is 67.1 Å². The zero-order valence-electron chi connectivity index (χ0n) is 19.2. The molecule has 36 heavy (non-hydrogen) atoms. The van der Waals surface area contributed by atoms with E-state index in [2.05, 4.69) is 10.0 Å². The molecule has 0 bridgehead atoms. The van der Waals surface area contributed by atoms with Crippen LogP contribution in [0.1, 0.15) is 35.7 Å². The van der Waals surface area contributed by atoms with E-state index in [9.17, 15) is 17.6 Å². The van der Waals surface area contributed by atoms with Gasteiger partial charge in [-0.3, -0.25) is 4.79 Å². The number of carbonyl (C=O) groups excluding carboxylic acids is 1. The zero-order valence-corrected chi connectivity index (χ0v) is 21.5. The van der Waals surface area contributed by atoms with Gasteiger partial charge in [0.1, 0.15) is 5.82 Å². The largest absolute Gasteiger partial charge is 0.368 e. The molecule has 2 unspecified atom stereocenters. The van der Waals surface area contributed by atoms with Crippen LogP contribution in [0, 0.1) is 11.7 Å². The quantitative estimate of drug-likeness (QED) is 0.308. The molecule has 1 aliphatic rings. The lowest BCUT2D eigenvalue weighted by molar-refractivity contribution is -0.119. The lowest BCUT2D eigenvalue weighted by Crippen LogP contribution is -2.44. The van der Waals surface area contributed by atoms with E-state index in [-0.39, 0.29) is 17.2 Å². The normalized spacial score (nSPS) is 19.4. The molecule has 4 rings (SSSR count). The number of aryl methyl sites for hydroxylation is 1. The number of aliphatic hydroxyl groups excluding tert-OH is 1. The average Bonchev–Trinajstić information content (AvgIpc) is 3.31. The maximum atomic E-state index is 13.4. The molecule has 11 heteroatoms. The van der Waals surface area contributed by atoms with E-state index < -0.39 is 40.0 Å². The fourth-order valence-electron chi connectivity index (χ4n) is 4.13. The molecule has 0 saturated carbocycles. The van der Waals surface area contributed by atoms with Crippen molar-refractivity contribution in [1.29, 1.82) is 0 Å². The van der Waals surface area contributed by atoms with Crippen molar-refractivity contribution in [3.8, 4) is 10.4 Å². The van der Waals surface area contributed by atoms with Crippen LogP contribution in [-0.4, -0.2) is 36.6 Å². The van der Waals surface area contributed by atoms with Gasteiger partial charge in [-0.25, -0.2) is 17.5 Å². The molecule has 0 aliphatic carbocycles. The number of hydrogen-bond donors (Lipinski definition) is 4. The van der Waals surface area contributed by atoms with E-state index in [0.717, 1.165) is 33.4 Å². The Morgan fingerprint density at radius 2 is 1.92 bits per heavy atom. The average molecular weight is 553 g/mol. The zero-order chi connectivity index (χ0) is 25.9. The summed E-state index contributed by atoms with van der Waals surface area (Å²) >= 11 is 7.24. The molecular weight excluding hydrogens is 527 g/mol. The number of rotatable bonds is 8. The highest BCUT2D eigenvalue weighted by Gasteiger charge is 2.36. The predicted molar refractivity (Wildman–Crippen MR) is 139 cm³/mol. The Balaban J connectivity index is 1.44. The first-order valence-electron chi connectivity index (χ1n) is 11.4. The molecule has 3 aromatic rings. The molecular formula is C25H26ClFN2O5S2. The number of aliphatic hydroxyl groups is 2. The molecule has 1 amide bonds. The first kappa shape index (κ1) is 26.7. The summed E-state index contributed by atoms with van der Waals surface area (Å²) in [5.41, 5.74) is 2.37. The first-order valence-corrected chi connectivity index (χ1v) is 14.3. The number of sulfonamides is 1. The predicted octanol–water partition coefficient (Wildman–Crippen LogP) is 4.46. The third-order valence-corrected chi connectivity index (χ3v) is 8.98. The van der Waals surface area contributed by atoms with Crippen molar-refractivity contribution in [3.05, 3.63) is 75.9 Å². The second-order valence-electron chi connectivity index (χ2n) is 8.77. The third-order valence-electron chi connectivity index (χ3n) is 5.96. The molecule has 2 atom stereocenters. The second-order valence-corrected chi connectivity index (χ2v) is 12.1. The van der Waals surface area contributed by atoms with Gasteiger partial charge >= 0.3 is 0 Å². The highest BCUT2D eigenvalue weighted by atomic mass is 35.5. The van der Waals surface area contributed by atoms with Crippen LogP contribution in [-0.2, 0) is 21.2 Å². The summed E-state index contributed by atoms with van der Waals surface area (Å²) in [5.74, 6) is -2.19. The smallest absolute Gasteiger partial charge is 0.228 e. The van der Waals surface area contributed by atoms with Crippen LogP contribution in [0.3, 0.4) is 0 Å². The summed E-state index contributed by atoms with van der Waals surface area (Å²) in [6.07, 6.45) is 0.730. The van der Waals surface area contributed by atoms with Crippen molar-refractivity contribution < 1.29 is 27.8 Å². The van der Waals surface area contributed by atoms with Gasteiger partial charge in [-0.1, -0.05) is 35.9 Å². The van der Waals surface area contributed by atoms with Crippen molar-refractivity contribution in [3.63, 3.8) is 0 Å². The summed E-state index contributed by atoms with van der Waals surface area (Å²) in [6, 6.07) is 15.0. The number of benzene rings is 2. The number of hydrogen-bond acceptors (Lipinski definition) is 6. The van der Waals surface area contributed by atoms with Crippen LogP contribution in [0.25, 0.3) is 10.4 Å². The molecule has 2 heterocycles. The van der Waals surface area contributed by atoms with Crippen molar-refractivity contribution >= 4 is 44.6 Å². The maximum Gasteiger partial charge on any atom is 0.228 e. The van der Waals surface area contributed by atoms with Crippen molar-refractivity contribution in [2.45, 2.75) is 38.0 Å². The Hall–Kier alpha value is -2.34. The van der Waals surface area contributed by atoms with Crippen LogP contribution in [0.15, 0.2) is 54.6 Å². The van der Waals surface area contributed by atoms with Crippen molar-refractivity contribution in [2.24, 2.45) is 5.92 Å². The Bertz CT molecular complexity index is 1330. The second kappa shape index (κ2) is 11.4. The van der Waals surface area contributed by atoms with Gasteiger partial charge in [0.2, 0.25) is 15.9 Å². The number of anilines is 1. The van der Waals surface area contributed by atoms with Gasteiger partial charge in [0.25, 0.3) is 0 Å². The highest BCUT2D eigenvalue weighted by molar-refractivity contribution is 7.89. The van der Waals surface area contributed by atoms with Crippen LogP contribution in [0.2, 0.25) is 5.02 Å². The SMILES string of the molecule is O=C(Nc1ccc(F)c(Cl)c1)C1CC(c2ccc(-c3ccc(CCCC(O)O)cc3)s2)NS(=O)(=O)C1. The summed E-state index contributed by atoms with van der Waals surface area (Å²) < 4.78 is 41.2. The van der Waals surface area contributed by atoms with Crippen LogP contribution in [0.4, 0.5) is 10.1 Å². The molecule has 1 fully saturated rings. The number of nitrogens with one attached hydrogen (secondary N) is 2. The van der Waals surface area contributed by atoms with Gasteiger partial charge in [-0.2, -0.15) is 0 Å². The Labute approximate surface area is 218 Å². The molecule has 1 saturated heterocycles. The van der Waals surface area contributed by atoms with Gasteiger partial charge < -0.3 is 15.5 Å². The summed E-state index contributed by atoms with van der Waals surface area (Å²) in [6.45, 7) is 0. The summed E-state index contributed by atoms with van der Waals surface area (Å²) in [4.78, 5) is 14.6. The fraction of sp³-hybridized carbons (Fsp3) is 0.320.